The Balaban J connectivity index is 2.04. The van der Waals surface area contributed by atoms with E-state index in [1.807, 2.05) is 13.8 Å². The van der Waals surface area contributed by atoms with Crippen molar-refractivity contribution < 1.29 is 14.2 Å². The Morgan fingerprint density at radius 3 is 2.62 bits per heavy atom. The molecule has 13 heavy (non-hydrogen) atoms. The number of epoxide rings is 1. The first-order valence-corrected chi connectivity index (χ1v) is 4.69. The van der Waals surface area contributed by atoms with Crippen LogP contribution < -0.4 is 0 Å². The maximum Gasteiger partial charge on any atom is 0.104 e. The highest BCUT2D eigenvalue weighted by molar-refractivity contribution is 4.71. The van der Waals surface area contributed by atoms with Crippen molar-refractivity contribution in [2.24, 2.45) is 0 Å². The summed E-state index contributed by atoms with van der Waals surface area (Å²) in [6.45, 7) is 9.71. The molecule has 0 aromatic rings. The molecule has 0 aliphatic carbocycles. The molecule has 0 bridgehead atoms. The summed E-state index contributed by atoms with van der Waals surface area (Å²) in [4.78, 5) is 0. The molecule has 0 radical (unpaired) electrons. The minimum atomic E-state index is 0.108. The largest absolute Gasteiger partial charge is 0.373 e. The van der Waals surface area contributed by atoms with Crippen LogP contribution in [-0.4, -0.2) is 38.1 Å². The Morgan fingerprint density at radius 1 is 1.46 bits per heavy atom. The summed E-state index contributed by atoms with van der Waals surface area (Å²) < 4.78 is 16.0. The van der Waals surface area contributed by atoms with Crippen LogP contribution in [0.5, 0.6) is 0 Å². The molecule has 1 fully saturated rings. The molecular weight excluding hydrogens is 168 g/mol. The summed E-state index contributed by atoms with van der Waals surface area (Å²) in [6, 6.07) is 0. The van der Waals surface area contributed by atoms with E-state index in [9.17, 15) is 0 Å². The normalized spacial score (nSPS) is 25.2. The number of ether oxygens (including phenoxy) is 3. The van der Waals surface area contributed by atoms with E-state index in [0.29, 0.717) is 19.3 Å². The number of hydrogen-bond acceptors (Lipinski definition) is 3. The van der Waals surface area contributed by atoms with Gasteiger partial charge in [0.25, 0.3) is 0 Å². The molecule has 0 N–H and O–H groups in total. The van der Waals surface area contributed by atoms with Gasteiger partial charge >= 0.3 is 0 Å². The van der Waals surface area contributed by atoms with Gasteiger partial charge in [-0.2, -0.15) is 0 Å². The molecule has 3 unspecified atom stereocenters. The summed E-state index contributed by atoms with van der Waals surface area (Å²) in [5, 5.41) is 0. The second-order valence-electron chi connectivity index (χ2n) is 3.32. The minimum absolute atomic E-state index is 0.108. The molecule has 1 heterocycles. The van der Waals surface area contributed by atoms with Crippen LogP contribution in [0.2, 0.25) is 0 Å². The van der Waals surface area contributed by atoms with Gasteiger partial charge in [-0.1, -0.05) is 6.08 Å². The van der Waals surface area contributed by atoms with Crippen molar-refractivity contribution in [3.63, 3.8) is 0 Å². The fourth-order valence-electron chi connectivity index (χ4n) is 0.914. The third kappa shape index (κ3) is 4.41. The van der Waals surface area contributed by atoms with Crippen molar-refractivity contribution in [2.75, 3.05) is 19.8 Å². The zero-order chi connectivity index (χ0) is 9.68. The highest BCUT2D eigenvalue weighted by atomic mass is 16.6. The first kappa shape index (κ1) is 10.7. The van der Waals surface area contributed by atoms with Gasteiger partial charge < -0.3 is 14.2 Å². The van der Waals surface area contributed by atoms with Crippen LogP contribution >= 0.6 is 0 Å². The third-order valence-electron chi connectivity index (χ3n) is 2.09. The predicted molar refractivity (Wildman–Crippen MR) is 50.8 cm³/mol. The van der Waals surface area contributed by atoms with Gasteiger partial charge in [-0.05, 0) is 13.8 Å². The van der Waals surface area contributed by atoms with Crippen LogP contribution in [0.4, 0.5) is 0 Å². The third-order valence-corrected chi connectivity index (χ3v) is 2.09. The molecule has 3 heteroatoms. The summed E-state index contributed by atoms with van der Waals surface area (Å²) in [6.07, 6.45) is 2.29. The van der Waals surface area contributed by atoms with E-state index in [-0.39, 0.29) is 12.2 Å². The molecule has 76 valence electrons. The Kier molecular flexibility index (Phi) is 4.42. The first-order valence-electron chi connectivity index (χ1n) is 4.69. The maximum atomic E-state index is 5.54. The van der Waals surface area contributed by atoms with E-state index in [2.05, 4.69) is 6.58 Å². The van der Waals surface area contributed by atoms with E-state index in [1.165, 1.54) is 0 Å². The molecule has 0 amide bonds. The van der Waals surface area contributed by atoms with E-state index in [1.54, 1.807) is 6.08 Å². The second kappa shape index (κ2) is 5.37. The van der Waals surface area contributed by atoms with E-state index < -0.39 is 0 Å². The lowest BCUT2D eigenvalue weighted by Crippen LogP contribution is -2.27. The Bertz CT molecular complexity index is 154. The van der Waals surface area contributed by atoms with Crippen LogP contribution in [-0.2, 0) is 14.2 Å². The smallest absolute Gasteiger partial charge is 0.104 e. The van der Waals surface area contributed by atoms with Crippen LogP contribution in [0, 0.1) is 0 Å². The SMILES string of the molecule is C=CCOC(C)C(C)OCC1CO1. The summed E-state index contributed by atoms with van der Waals surface area (Å²) in [7, 11) is 0. The Morgan fingerprint density at radius 2 is 2.08 bits per heavy atom. The van der Waals surface area contributed by atoms with Crippen molar-refractivity contribution in [3.8, 4) is 0 Å². The fraction of sp³-hybridized carbons (Fsp3) is 0.800. The molecule has 0 saturated carbocycles. The topological polar surface area (TPSA) is 31.0 Å². The highest BCUT2D eigenvalue weighted by Gasteiger charge is 2.24. The average molecular weight is 186 g/mol. The van der Waals surface area contributed by atoms with Crippen LogP contribution in [0.15, 0.2) is 12.7 Å². The van der Waals surface area contributed by atoms with Gasteiger partial charge in [-0.3, -0.25) is 0 Å². The van der Waals surface area contributed by atoms with Crippen molar-refractivity contribution >= 4 is 0 Å². The van der Waals surface area contributed by atoms with Gasteiger partial charge in [0.1, 0.15) is 6.10 Å². The fourth-order valence-corrected chi connectivity index (χ4v) is 0.914. The Hall–Kier alpha value is -0.380. The van der Waals surface area contributed by atoms with E-state index in [0.717, 1.165) is 6.61 Å². The second-order valence-corrected chi connectivity index (χ2v) is 3.32. The number of hydrogen-bond donors (Lipinski definition) is 0. The van der Waals surface area contributed by atoms with Crippen molar-refractivity contribution in [3.05, 3.63) is 12.7 Å². The van der Waals surface area contributed by atoms with E-state index >= 15 is 0 Å². The standard InChI is InChI=1S/C10H18O3/c1-4-5-11-8(2)9(3)12-6-10-7-13-10/h4,8-10H,1,5-7H2,2-3H3. The molecule has 0 aromatic heterocycles. The average Bonchev–Trinajstić information content (AvgIpc) is 2.93. The molecular formula is C10H18O3. The highest BCUT2D eigenvalue weighted by Crippen LogP contribution is 2.11. The zero-order valence-electron chi connectivity index (χ0n) is 8.36. The monoisotopic (exact) mass is 186 g/mol. The van der Waals surface area contributed by atoms with Crippen molar-refractivity contribution in [1.29, 1.82) is 0 Å². The predicted octanol–water partition coefficient (Wildman–Crippen LogP) is 1.38. The van der Waals surface area contributed by atoms with Gasteiger partial charge in [0, 0.05) is 0 Å². The molecule has 0 aromatic carbocycles. The van der Waals surface area contributed by atoms with Crippen molar-refractivity contribution in [2.45, 2.75) is 32.2 Å². The van der Waals surface area contributed by atoms with Gasteiger partial charge in [0.05, 0.1) is 32.0 Å². The summed E-state index contributed by atoms with van der Waals surface area (Å²) >= 11 is 0. The number of rotatable bonds is 7. The van der Waals surface area contributed by atoms with Crippen LogP contribution in [0.1, 0.15) is 13.8 Å². The molecule has 0 spiro atoms. The zero-order valence-corrected chi connectivity index (χ0v) is 8.36. The molecule has 1 saturated heterocycles. The van der Waals surface area contributed by atoms with Gasteiger partial charge in [-0.15, -0.1) is 6.58 Å². The maximum absolute atomic E-state index is 5.54. The van der Waals surface area contributed by atoms with E-state index in [4.69, 9.17) is 14.2 Å². The molecule has 1 aliphatic heterocycles. The Labute approximate surface area is 79.7 Å². The lowest BCUT2D eigenvalue weighted by atomic mass is 10.2. The molecule has 1 aliphatic rings. The molecule has 3 nitrogen and oxygen atoms in total. The molecule has 3 atom stereocenters. The van der Waals surface area contributed by atoms with Crippen molar-refractivity contribution in [1.82, 2.24) is 0 Å². The minimum Gasteiger partial charge on any atom is -0.373 e. The summed E-state index contributed by atoms with van der Waals surface area (Å²) in [5.74, 6) is 0. The van der Waals surface area contributed by atoms with Crippen LogP contribution in [0.25, 0.3) is 0 Å². The van der Waals surface area contributed by atoms with Gasteiger partial charge in [0.15, 0.2) is 0 Å². The first-order chi connectivity index (χ1) is 6.24. The van der Waals surface area contributed by atoms with Crippen LogP contribution in [0.3, 0.4) is 0 Å². The summed E-state index contributed by atoms with van der Waals surface area (Å²) in [5.41, 5.74) is 0. The lowest BCUT2D eigenvalue weighted by molar-refractivity contribution is -0.0517. The quantitative estimate of drug-likeness (QED) is 0.444. The van der Waals surface area contributed by atoms with Gasteiger partial charge in [-0.25, -0.2) is 0 Å². The lowest BCUT2D eigenvalue weighted by Gasteiger charge is -2.19. The van der Waals surface area contributed by atoms with Gasteiger partial charge in [0.2, 0.25) is 0 Å². The molecule has 1 rings (SSSR count).